The number of nitrogens with zero attached hydrogens (tertiary/aromatic N) is 3. The van der Waals surface area contributed by atoms with Crippen LogP contribution in [0.2, 0.25) is 5.02 Å². The van der Waals surface area contributed by atoms with Crippen molar-refractivity contribution in [3.05, 3.63) is 63.1 Å². The molecule has 0 spiro atoms. The zero-order chi connectivity index (χ0) is 18.7. The Morgan fingerprint density at radius 1 is 1.38 bits per heavy atom. The van der Waals surface area contributed by atoms with Gasteiger partial charge in [-0.15, -0.1) is 28.1 Å². The highest BCUT2D eigenvalue weighted by Crippen LogP contribution is 2.34. The second-order valence-electron chi connectivity index (χ2n) is 5.77. The molecule has 0 saturated heterocycles. The molecule has 0 amide bonds. The summed E-state index contributed by atoms with van der Waals surface area (Å²) in [5, 5.41) is 12.2. The molecule has 0 fully saturated rings. The van der Waals surface area contributed by atoms with E-state index >= 15 is 0 Å². The van der Waals surface area contributed by atoms with E-state index in [1.807, 2.05) is 6.08 Å². The van der Waals surface area contributed by atoms with Crippen LogP contribution in [-0.4, -0.2) is 14.8 Å². The van der Waals surface area contributed by atoms with Gasteiger partial charge in [-0.2, -0.15) is 0 Å². The second-order valence-corrected chi connectivity index (χ2v) is 8.20. The van der Waals surface area contributed by atoms with Crippen molar-refractivity contribution in [2.75, 3.05) is 0 Å². The minimum Gasteiger partial charge on any atom is -0.298 e. The lowest BCUT2D eigenvalue weighted by atomic mass is 10.1. The van der Waals surface area contributed by atoms with Crippen LogP contribution in [0.15, 0.2) is 41.4 Å². The van der Waals surface area contributed by atoms with E-state index in [1.54, 1.807) is 17.4 Å². The van der Waals surface area contributed by atoms with E-state index in [4.69, 9.17) is 11.6 Å². The number of halogens is 2. The Kier molecular flexibility index (Phi) is 6.16. The molecule has 3 rings (SSSR count). The standard InChI is InChI=1S/C19H19ClFN3S2/c1-4-8-24-18(16-11-25-12(3)15(16)5-2)22-23-19(24)26-10-13-6-7-14(21)9-17(13)20/h4,6-7,9,11H,1,5,8,10H2,2-3H3. The normalized spacial score (nSPS) is 11.1. The Morgan fingerprint density at radius 2 is 2.19 bits per heavy atom. The minimum absolute atomic E-state index is 0.333. The Balaban J connectivity index is 1.90. The summed E-state index contributed by atoms with van der Waals surface area (Å²) < 4.78 is 15.3. The molecule has 0 aliphatic rings. The van der Waals surface area contributed by atoms with Crippen LogP contribution in [0.4, 0.5) is 4.39 Å². The summed E-state index contributed by atoms with van der Waals surface area (Å²) in [5.74, 6) is 1.12. The Labute approximate surface area is 165 Å². The first-order valence-electron chi connectivity index (χ1n) is 8.23. The third-order valence-corrected chi connectivity index (χ3v) is 6.42. The maximum Gasteiger partial charge on any atom is 0.192 e. The molecule has 0 aliphatic carbocycles. The smallest absolute Gasteiger partial charge is 0.192 e. The topological polar surface area (TPSA) is 30.7 Å². The van der Waals surface area contributed by atoms with Gasteiger partial charge in [-0.25, -0.2) is 4.39 Å². The molecule has 2 heterocycles. The van der Waals surface area contributed by atoms with Crippen molar-refractivity contribution in [3.8, 4) is 11.4 Å². The van der Waals surface area contributed by atoms with E-state index < -0.39 is 0 Å². The molecular formula is C19H19ClFN3S2. The maximum absolute atomic E-state index is 13.2. The van der Waals surface area contributed by atoms with Gasteiger partial charge in [0.2, 0.25) is 0 Å². The van der Waals surface area contributed by atoms with Crippen molar-refractivity contribution >= 4 is 34.7 Å². The first kappa shape index (κ1) is 19.1. The van der Waals surface area contributed by atoms with Gasteiger partial charge in [0.25, 0.3) is 0 Å². The fourth-order valence-corrected chi connectivity index (χ4v) is 4.98. The van der Waals surface area contributed by atoms with Gasteiger partial charge in [0.05, 0.1) is 0 Å². The van der Waals surface area contributed by atoms with Crippen molar-refractivity contribution < 1.29 is 4.39 Å². The number of aromatic nitrogens is 3. The molecule has 0 unspecified atom stereocenters. The molecule has 2 aromatic heterocycles. The summed E-state index contributed by atoms with van der Waals surface area (Å²) in [6.45, 7) is 8.76. The van der Waals surface area contributed by atoms with Crippen LogP contribution in [-0.2, 0) is 18.7 Å². The molecule has 26 heavy (non-hydrogen) atoms. The molecule has 3 nitrogen and oxygen atoms in total. The van der Waals surface area contributed by atoms with Gasteiger partial charge < -0.3 is 0 Å². The number of hydrogen-bond donors (Lipinski definition) is 0. The molecular weight excluding hydrogens is 389 g/mol. The molecule has 0 N–H and O–H groups in total. The Bertz CT molecular complexity index is 933. The lowest BCUT2D eigenvalue weighted by Crippen LogP contribution is -2.01. The third-order valence-electron chi connectivity index (χ3n) is 4.10. The van der Waals surface area contributed by atoms with Crippen molar-refractivity contribution in [1.29, 1.82) is 0 Å². The Morgan fingerprint density at radius 3 is 2.88 bits per heavy atom. The van der Waals surface area contributed by atoms with Gasteiger partial charge in [-0.05, 0) is 36.6 Å². The Hall–Kier alpha value is -1.63. The number of thiophene rings is 1. The number of hydrogen-bond acceptors (Lipinski definition) is 4. The highest BCUT2D eigenvalue weighted by Gasteiger charge is 2.18. The van der Waals surface area contributed by atoms with Gasteiger partial charge in [0.15, 0.2) is 11.0 Å². The zero-order valence-electron chi connectivity index (χ0n) is 14.6. The first-order chi connectivity index (χ1) is 12.5. The number of aryl methyl sites for hydroxylation is 1. The van der Waals surface area contributed by atoms with E-state index in [0.717, 1.165) is 28.5 Å². The first-order valence-corrected chi connectivity index (χ1v) is 10.5. The molecule has 1 aromatic carbocycles. The van der Waals surface area contributed by atoms with Gasteiger partial charge in [-0.3, -0.25) is 4.57 Å². The summed E-state index contributed by atoms with van der Waals surface area (Å²) in [5.41, 5.74) is 3.32. The van der Waals surface area contributed by atoms with E-state index in [1.165, 1.54) is 34.3 Å². The van der Waals surface area contributed by atoms with Gasteiger partial charge in [0.1, 0.15) is 5.82 Å². The van der Waals surface area contributed by atoms with Gasteiger partial charge >= 0.3 is 0 Å². The summed E-state index contributed by atoms with van der Waals surface area (Å²) in [6, 6.07) is 4.46. The van der Waals surface area contributed by atoms with Crippen LogP contribution in [0, 0.1) is 12.7 Å². The predicted octanol–water partition coefficient (Wildman–Crippen LogP) is 6.15. The highest BCUT2D eigenvalue weighted by molar-refractivity contribution is 7.98. The average molecular weight is 408 g/mol. The minimum atomic E-state index is -0.333. The fraction of sp³-hybridized carbons (Fsp3) is 0.263. The number of thioether (sulfide) groups is 1. The van der Waals surface area contributed by atoms with Gasteiger partial charge in [-0.1, -0.05) is 42.4 Å². The maximum atomic E-state index is 13.2. The molecule has 7 heteroatoms. The van der Waals surface area contributed by atoms with Crippen LogP contribution >= 0.6 is 34.7 Å². The predicted molar refractivity (Wildman–Crippen MR) is 109 cm³/mol. The van der Waals surface area contributed by atoms with E-state index in [2.05, 4.69) is 40.6 Å². The van der Waals surface area contributed by atoms with Crippen molar-refractivity contribution in [2.45, 2.75) is 37.7 Å². The van der Waals surface area contributed by atoms with Crippen LogP contribution in [0.1, 0.15) is 22.9 Å². The monoisotopic (exact) mass is 407 g/mol. The fourth-order valence-electron chi connectivity index (χ4n) is 2.78. The van der Waals surface area contributed by atoms with Crippen molar-refractivity contribution in [3.63, 3.8) is 0 Å². The van der Waals surface area contributed by atoms with Crippen LogP contribution in [0.5, 0.6) is 0 Å². The van der Waals surface area contributed by atoms with Crippen molar-refractivity contribution in [1.82, 2.24) is 14.8 Å². The third kappa shape index (κ3) is 3.87. The molecule has 0 bridgehead atoms. The van der Waals surface area contributed by atoms with E-state index in [0.29, 0.717) is 17.3 Å². The molecule has 0 radical (unpaired) electrons. The van der Waals surface area contributed by atoms with Crippen molar-refractivity contribution in [2.24, 2.45) is 0 Å². The SMILES string of the molecule is C=CCn1c(SCc2ccc(F)cc2Cl)nnc1-c1csc(C)c1CC. The second kappa shape index (κ2) is 8.37. The lowest BCUT2D eigenvalue weighted by molar-refractivity contribution is 0.627. The van der Waals surface area contributed by atoms with Gasteiger partial charge in [0, 0.05) is 33.1 Å². The number of allylic oxidation sites excluding steroid dienone is 1. The summed E-state index contributed by atoms with van der Waals surface area (Å²) in [6.07, 6.45) is 2.80. The highest BCUT2D eigenvalue weighted by atomic mass is 35.5. The quantitative estimate of drug-likeness (QED) is 0.347. The molecule has 0 aliphatic heterocycles. The summed E-state index contributed by atoms with van der Waals surface area (Å²) in [4.78, 5) is 1.31. The summed E-state index contributed by atoms with van der Waals surface area (Å²) >= 11 is 9.40. The zero-order valence-corrected chi connectivity index (χ0v) is 17.0. The molecule has 0 atom stereocenters. The van der Waals surface area contributed by atoms with Crippen LogP contribution in [0.25, 0.3) is 11.4 Å². The molecule has 136 valence electrons. The van der Waals surface area contributed by atoms with E-state index in [-0.39, 0.29) is 5.82 Å². The molecule has 0 saturated carbocycles. The molecule has 3 aromatic rings. The lowest BCUT2D eigenvalue weighted by Gasteiger charge is -2.09. The van der Waals surface area contributed by atoms with Crippen LogP contribution in [0.3, 0.4) is 0 Å². The summed E-state index contributed by atoms with van der Waals surface area (Å²) in [7, 11) is 0. The number of benzene rings is 1. The number of rotatable bonds is 7. The largest absolute Gasteiger partial charge is 0.298 e. The van der Waals surface area contributed by atoms with Crippen LogP contribution < -0.4 is 0 Å². The van der Waals surface area contributed by atoms with E-state index in [9.17, 15) is 4.39 Å². The average Bonchev–Trinajstić information content (AvgIpc) is 3.17.